The van der Waals surface area contributed by atoms with Crippen LogP contribution in [0.25, 0.3) is 0 Å². The van der Waals surface area contributed by atoms with Gasteiger partial charge in [0, 0.05) is 10.6 Å². The first-order chi connectivity index (χ1) is 11.2. The number of carbonyl (C=O) groups excluding carboxylic acids is 1. The number of nitrogens with one attached hydrogen (secondary N) is 1. The highest BCUT2D eigenvalue weighted by Gasteiger charge is 2.16. The quantitative estimate of drug-likeness (QED) is 0.688. The Balaban J connectivity index is 1.75. The van der Waals surface area contributed by atoms with Gasteiger partial charge in [0.15, 0.2) is 11.5 Å². The Morgan fingerprint density at radius 3 is 2.57 bits per heavy atom. The summed E-state index contributed by atoms with van der Waals surface area (Å²) in [7, 11) is 0. The fraction of sp³-hybridized carbons (Fsp3) is 0.176. The Morgan fingerprint density at radius 1 is 1.13 bits per heavy atom. The van der Waals surface area contributed by atoms with E-state index in [1.54, 1.807) is 30.3 Å². The van der Waals surface area contributed by atoms with Crippen molar-refractivity contribution in [1.29, 1.82) is 0 Å². The van der Waals surface area contributed by atoms with E-state index >= 15 is 0 Å². The Bertz CT molecular complexity index is 757. The number of benzene rings is 2. The van der Waals surface area contributed by atoms with Crippen molar-refractivity contribution in [3.05, 3.63) is 58.6 Å². The molecule has 3 rings (SSSR count). The predicted molar refractivity (Wildman–Crippen MR) is 88.3 cm³/mol. The Kier molecular flexibility index (Phi) is 4.48. The van der Waals surface area contributed by atoms with E-state index in [-0.39, 0.29) is 12.7 Å². The molecule has 1 heterocycles. The summed E-state index contributed by atoms with van der Waals surface area (Å²) in [5.41, 5.74) is 4.73. The summed E-state index contributed by atoms with van der Waals surface area (Å²) in [6.07, 6.45) is 0.684. The number of amides is 1. The molecule has 0 spiro atoms. The molecule has 1 aliphatic rings. The number of hydrogen-bond donors (Lipinski definition) is 1. The number of hydrogen-bond acceptors (Lipinski definition) is 4. The van der Waals surface area contributed by atoms with Gasteiger partial charge in [-0.25, -0.2) is 5.43 Å². The number of carbonyl (C=O) groups is 1. The minimum absolute atomic E-state index is 0.176. The number of hydrazone groups is 1. The molecule has 5 nitrogen and oxygen atoms in total. The molecule has 6 heteroatoms. The van der Waals surface area contributed by atoms with E-state index in [0.717, 1.165) is 11.3 Å². The molecule has 0 aliphatic carbocycles. The van der Waals surface area contributed by atoms with Gasteiger partial charge >= 0.3 is 0 Å². The van der Waals surface area contributed by atoms with Gasteiger partial charge in [0.05, 0.1) is 5.71 Å². The van der Waals surface area contributed by atoms with Gasteiger partial charge in [0.1, 0.15) is 0 Å². The fourth-order valence-electron chi connectivity index (χ4n) is 2.21. The maximum Gasteiger partial charge on any atom is 0.271 e. The van der Waals surface area contributed by atoms with Gasteiger partial charge < -0.3 is 9.47 Å². The van der Waals surface area contributed by atoms with Crippen LogP contribution < -0.4 is 14.9 Å². The second-order valence-corrected chi connectivity index (χ2v) is 5.36. The summed E-state index contributed by atoms with van der Waals surface area (Å²) in [5.74, 6) is 0.902. The van der Waals surface area contributed by atoms with Crippen molar-refractivity contribution in [2.24, 2.45) is 5.10 Å². The first kappa shape index (κ1) is 15.4. The lowest BCUT2D eigenvalue weighted by molar-refractivity contribution is 0.0954. The molecule has 1 aliphatic heterocycles. The smallest absolute Gasteiger partial charge is 0.271 e. The molecule has 0 bridgehead atoms. The first-order valence-corrected chi connectivity index (χ1v) is 7.57. The van der Waals surface area contributed by atoms with E-state index < -0.39 is 0 Å². The van der Waals surface area contributed by atoms with E-state index in [1.807, 2.05) is 19.1 Å². The topological polar surface area (TPSA) is 59.9 Å². The van der Waals surface area contributed by atoms with Crippen LogP contribution in [0.2, 0.25) is 5.02 Å². The molecule has 0 saturated carbocycles. The third kappa shape index (κ3) is 3.46. The third-order valence-electron chi connectivity index (χ3n) is 3.44. The molecule has 0 atom stereocenters. The predicted octanol–water partition coefficient (Wildman–Crippen LogP) is 3.61. The van der Waals surface area contributed by atoms with Crippen LogP contribution in [0.4, 0.5) is 0 Å². The lowest BCUT2D eigenvalue weighted by Crippen LogP contribution is -2.20. The Labute approximate surface area is 138 Å². The number of ether oxygens (including phenoxy) is 2. The lowest BCUT2D eigenvalue weighted by Gasteiger charge is -2.06. The van der Waals surface area contributed by atoms with Crippen molar-refractivity contribution in [3.63, 3.8) is 0 Å². The van der Waals surface area contributed by atoms with Gasteiger partial charge in [-0.3, -0.25) is 4.79 Å². The van der Waals surface area contributed by atoms with E-state index in [1.165, 1.54) is 0 Å². The zero-order valence-corrected chi connectivity index (χ0v) is 13.3. The number of halogens is 1. The van der Waals surface area contributed by atoms with E-state index in [4.69, 9.17) is 21.1 Å². The Morgan fingerprint density at radius 2 is 1.83 bits per heavy atom. The standard InChI is InChI=1S/C17H15ClN2O3/c1-2-14(11-3-6-13(18)7-4-11)19-20-17(21)12-5-8-15-16(9-12)23-10-22-15/h3-9H,2,10H2,1H3,(H,20,21). The summed E-state index contributed by atoms with van der Waals surface area (Å²) >= 11 is 5.88. The van der Waals surface area contributed by atoms with Crippen LogP contribution in [0, 0.1) is 0 Å². The molecule has 0 radical (unpaired) electrons. The minimum Gasteiger partial charge on any atom is -0.454 e. The molecule has 0 fully saturated rings. The zero-order valence-electron chi connectivity index (χ0n) is 12.5. The maximum atomic E-state index is 12.2. The molecule has 1 amide bonds. The van der Waals surface area contributed by atoms with Crippen molar-refractivity contribution in [3.8, 4) is 11.5 Å². The van der Waals surface area contributed by atoms with Crippen molar-refractivity contribution < 1.29 is 14.3 Å². The highest BCUT2D eigenvalue weighted by Crippen LogP contribution is 2.32. The van der Waals surface area contributed by atoms with Gasteiger partial charge in [-0.05, 0) is 42.3 Å². The molecule has 23 heavy (non-hydrogen) atoms. The van der Waals surface area contributed by atoms with Crippen LogP contribution in [0.15, 0.2) is 47.6 Å². The van der Waals surface area contributed by atoms with Gasteiger partial charge in [-0.1, -0.05) is 30.7 Å². The average molecular weight is 331 g/mol. The van der Waals surface area contributed by atoms with Gasteiger partial charge in [0.2, 0.25) is 6.79 Å². The number of fused-ring (bicyclic) bond motifs is 1. The summed E-state index contributed by atoms with van der Waals surface area (Å²) in [6, 6.07) is 12.4. The number of rotatable bonds is 4. The zero-order chi connectivity index (χ0) is 16.2. The highest BCUT2D eigenvalue weighted by molar-refractivity contribution is 6.30. The summed E-state index contributed by atoms with van der Waals surface area (Å²) in [5, 5.41) is 4.87. The van der Waals surface area contributed by atoms with E-state index in [9.17, 15) is 4.79 Å². The molecule has 2 aromatic rings. The highest BCUT2D eigenvalue weighted by atomic mass is 35.5. The van der Waals surface area contributed by atoms with Gasteiger partial charge in [0.25, 0.3) is 5.91 Å². The average Bonchev–Trinajstić information content (AvgIpc) is 3.04. The maximum absolute atomic E-state index is 12.2. The van der Waals surface area contributed by atoms with Crippen molar-refractivity contribution in [2.75, 3.05) is 6.79 Å². The molecular weight excluding hydrogens is 316 g/mol. The van der Waals surface area contributed by atoms with E-state index in [0.29, 0.717) is 28.5 Å². The van der Waals surface area contributed by atoms with Gasteiger partial charge in [-0.2, -0.15) is 5.10 Å². The molecule has 1 N–H and O–H groups in total. The molecule has 0 unspecified atom stereocenters. The fourth-order valence-corrected chi connectivity index (χ4v) is 2.34. The van der Waals surface area contributed by atoms with Crippen LogP contribution in [-0.4, -0.2) is 18.4 Å². The molecule has 0 aromatic heterocycles. The largest absolute Gasteiger partial charge is 0.454 e. The van der Waals surface area contributed by atoms with Crippen LogP contribution in [0.1, 0.15) is 29.3 Å². The Hall–Kier alpha value is -2.53. The first-order valence-electron chi connectivity index (χ1n) is 7.20. The van der Waals surface area contributed by atoms with Crippen molar-refractivity contribution in [2.45, 2.75) is 13.3 Å². The van der Waals surface area contributed by atoms with Gasteiger partial charge in [-0.15, -0.1) is 0 Å². The third-order valence-corrected chi connectivity index (χ3v) is 3.69. The number of nitrogens with zero attached hydrogens (tertiary/aromatic N) is 1. The summed E-state index contributed by atoms with van der Waals surface area (Å²) < 4.78 is 10.5. The second-order valence-electron chi connectivity index (χ2n) is 4.93. The SMILES string of the molecule is CCC(=NNC(=O)c1ccc2c(c1)OCO2)c1ccc(Cl)cc1. The monoisotopic (exact) mass is 330 g/mol. The molecule has 0 saturated heterocycles. The van der Waals surface area contributed by atoms with Crippen LogP contribution in [0.3, 0.4) is 0 Å². The lowest BCUT2D eigenvalue weighted by atomic mass is 10.1. The molecule has 2 aromatic carbocycles. The summed E-state index contributed by atoms with van der Waals surface area (Å²) in [4.78, 5) is 12.2. The minimum atomic E-state index is -0.303. The second kappa shape index (κ2) is 6.71. The van der Waals surface area contributed by atoms with Crippen LogP contribution >= 0.6 is 11.6 Å². The van der Waals surface area contributed by atoms with Crippen molar-refractivity contribution in [1.82, 2.24) is 5.43 Å². The normalized spacial score (nSPS) is 13.0. The van der Waals surface area contributed by atoms with Crippen LogP contribution in [-0.2, 0) is 0 Å². The van der Waals surface area contributed by atoms with Crippen LogP contribution in [0.5, 0.6) is 11.5 Å². The van der Waals surface area contributed by atoms with E-state index in [2.05, 4.69) is 10.5 Å². The van der Waals surface area contributed by atoms with Crippen molar-refractivity contribution >= 4 is 23.2 Å². The molecular formula is C17H15ClN2O3. The summed E-state index contributed by atoms with van der Waals surface area (Å²) in [6.45, 7) is 2.15. The molecule has 118 valence electrons.